The second-order valence-electron chi connectivity index (χ2n) is 16.6. The van der Waals surface area contributed by atoms with E-state index in [4.69, 9.17) is 0 Å². The van der Waals surface area contributed by atoms with Gasteiger partial charge < -0.3 is 24.8 Å². The van der Waals surface area contributed by atoms with E-state index in [-0.39, 0.29) is 46.5 Å². The van der Waals surface area contributed by atoms with Crippen LogP contribution in [0.2, 0.25) is 0 Å². The van der Waals surface area contributed by atoms with Crippen LogP contribution in [0.3, 0.4) is 0 Å². The molecule has 3 heteroatoms. The molecule has 0 nitrogen and oxygen atoms in total. The smallest absolute Gasteiger partial charge is 0.172 e. The summed E-state index contributed by atoms with van der Waals surface area (Å²) < 4.78 is 1.51. The van der Waals surface area contributed by atoms with Crippen LogP contribution in [0.15, 0.2) is 144 Å². The molecule has 0 bridgehead atoms. The predicted molar refractivity (Wildman–Crippen MR) is 212 cm³/mol. The summed E-state index contributed by atoms with van der Waals surface area (Å²) in [4.78, 5) is 0. The molecular formula is C49H56Cl2Ti-2. The Morgan fingerprint density at radius 3 is 1.81 bits per heavy atom. The van der Waals surface area contributed by atoms with E-state index >= 15 is 0 Å². The summed E-state index contributed by atoms with van der Waals surface area (Å²) in [6.45, 7) is 20.3. The van der Waals surface area contributed by atoms with Crippen LogP contribution in [0.4, 0.5) is 0 Å². The number of rotatable bonds is 4. The van der Waals surface area contributed by atoms with E-state index in [1.807, 2.05) is 30.3 Å². The first kappa shape index (κ1) is 42.0. The molecule has 4 aromatic carbocycles. The molecule has 8 rings (SSSR count). The zero-order valence-electron chi connectivity index (χ0n) is 32.5. The van der Waals surface area contributed by atoms with Crippen molar-refractivity contribution in [1.29, 1.82) is 0 Å². The average Bonchev–Trinajstić information content (AvgIpc) is 3.81. The van der Waals surface area contributed by atoms with Crippen molar-refractivity contribution in [3.8, 4) is 0 Å². The Kier molecular flexibility index (Phi) is 13.5. The van der Waals surface area contributed by atoms with E-state index in [1.165, 1.54) is 38.9 Å². The van der Waals surface area contributed by atoms with Crippen molar-refractivity contribution in [3.05, 3.63) is 172 Å². The molecule has 0 aromatic heterocycles. The maximum Gasteiger partial charge on any atom is -0.172 e. The summed E-state index contributed by atoms with van der Waals surface area (Å²) in [6, 6.07) is 40.5. The topological polar surface area (TPSA) is 0 Å². The molecule has 0 N–H and O–H groups in total. The summed E-state index contributed by atoms with van der Waals surface area (Å²) >= 11 is 2.24. The van der Waals surface area contributed by atoms with Gasteiger partial charge in [-0.15, -0.1) is 6.92 Å². The van der Waals surface area contributed by atoms with E-state index in [1.54, 1.807) is 28.2 Å². The molecule has 0 heterocycles. The first-order chi connectivity index (χ1) is 23.8. The van der Waals surface area contributed by atoms with Crippen molar-refractivity contribution in [2.45, 2.75) is 87.5 Å². The molecule has 52 heavy (non-hydrogen) atoms. The van der Waals surface area contributed by atoms with Crippen LogP contribution in [0.25, 0.3) is 5.57 Å². The van der Waals surface area contributed by atoms with E-state index < -0.39 is 0 Å². The van der Waals surface area contributed by atoms with Gasteiger partial charge in [0.15, 0.2) is 0 Å². The second-order valence-corrected chi connectivity index (χ2v) is 17.7. The van der Waals surface area contributed by atoms with Crippen LogP contribution >= 0.6 is 0 Å². The molecule has 2 atom stereocenters. The standard InChI is InChI=1S/C29H37.C15H14.C5H5.2ClH.Ti/c1-18-25-22-17-19-13-9-10-14-20(19)24(22)21-15-11-12-16-23(21)29(25,8)28(6,7)27(4,5)26(18,2)3;1-3-8-14(9-4-1)12-7-13-15-10-5-2-6-11-15;1-2-4-5-3-1;;;/h9-11,13-15,23H,12,16-17H2,1-8H3;1-6,8-11H,12-13H2;1-5H;2*1H;/q-1;;-1;;;+2/p-2. The predicted octanol–water partition coefficient (Wildman–Crippen LogP) is 6.57. The molecule has 272 valence electrons. The fourth-order valence-electron chi connectivity index (χ4n) is 9.64. The first-order valence-electron chi connectivity index (χ1n) is 18.7. The summed E-state index contributed by atoms with van der Waals surface area (Å²) in [7, 11) is 0. The van der Waals surface area contributed by atoms with E-state index in [9.17, 15) is 0 Å². The van der Waals surface area contributed by atoms with Gasteiger partial charge in [-0.3, -0.25) is 0 Å². The van der Waals surface area contributed by atoms with Crippen LogP contribution < -0.4 is 24.8 Å². The SMILES string of the molecule is C[C-]1C2=C3Cc4ccccc4C3=C3C=CCCC3C2(C)C(C)(C)C(C)(C)C1(C)C.[Cl-].[Cl-].[Ti+2]=[C](Cc1ccccc1)Cc1ccccc1.c1cc[cH-]c1. The minimum Gasteiger partial charge on any atom is -0.214 e. The van der Waals surface area contributed by atoms with Gasteiger partial charge in [-0.2, -0.15) is 29.3 Å². The normalized spacial score (nSPS) is 22.4. The van der Waals surface area contributed by atoms with Crippen LogP contribution in [0.1, 0.15) is 90.5 Å². The minimum atomic E-state index is 0. The van der Waals surface area contributed by atoms with Crippen molar-refractivity contribution in [1.82, 2.24) is 0 Å². The number of allylic oxidation sites excluding steroid dienone is 6. The number of hydrogen-bond acceptors (Lipinski definition) is 0. The maximum atomic E-state index is 2.62. The van der Waals surface area contributed by atoms with Gasteiger partial charge in [0.1, 0.15) is 0 Å². The van der Waals surface area contributed by atoms with Crippen molar-refractivity contribution in [2.24, 2.45) is 27.6 Å². The number of fused-ring (bicyclic) bond motifs is 6. The zero-order chi connectivity index (χ0) is 35.7. The van der Waals surface area contributed by atoms with Gasteiger partial charge in [-0.1, -0.05) is 113 Å². The van der Waals surface area contributed by atoms with E-state index in [0.29, 0.717) is 5.92 Å². The monoisotopic (exact) mass is 762 g/mol. The van der Waals surface area contributed by atoms with Gasteiger partial charge in [0.05, 0.1) is 0 Å². The van der Waals surface area contributed by atoms with Gasteiger partial charge in [0, 0.05) is 0 Å². The largest absolute Gasteiger partial charge is 0.214 e. The summed E-state index contributed by atoms with van der Waals surface area (Å²) in [5.41, 5.74) is 13.1. The summed E-state index contributed by atoms with van der Waals surface area (Å²) in [5, 5.41) is 0. The molecule has 0 amide bonds. The fraction of sp³-hybridized carbons (Fsp3) is 0.367. The second kappa shape index (κ2) is 16.7. The Bertz CT molecular complexity index is 1830. The van der Waals surface area contributed by atoms with Gasteiger partial charge >= 0.3 is 108 Å². The molecule has 0 radical (unpaired) electrons. The van der Waals surface area contributed by atoms with E-state index in [0.717, 1.165) is 19.3 Å². The Hall–Kier alpha value is -2.74. The van der Waals surface area contributed by atoms with Gasteiger partial charge in [0.2, 0.25) is 0 Å². The van der Waals surface area contributed by atoms with Gasteiger partial charge in [-0.05, 0) is 40.6 Å². The van der Waals surface area contributed by atoms with Gasteiger partial charge in [0.25, 0.3) is 0 Å². The molecule has 2 unspecified atom stereocenters. The molecular weight excluding hydrogens is 707 g/mol. The van der Waals surface area contributed by atoms with Crippen molar-refractivity contribution < 1.29 is 44.8 Å². The number of benzene rings is 3. The quantitative estimate of drug-likeness (QED) is 0.163. The van der Waals surface area contributed by atoms with Crippen LogP contribution in [0, 0.1) is 33.5 Å². The fourth-order valence-corrected chi connectivity index (χ4v) is 10.3. The van der Waals surface area contributed by atoms with Crippen molar-refractivity contribution >= 4 is 9.38 Å². The molecule has 4 aromatic rings. The Morgan fingerprint density at radius 1 is 0.731 bits per heavy atom. The summed E-state index contributed by atoms with van der Waals surface area (Å²) in [5.74, 6) is 2.24. The Morgan fingerprint density at radius 2 is 1.27 bits per heavy atom. The Labute approximate surface area is 339 Å². The van der Waals surface area contributed by atoms with Crippen LogP contribution in [0.5, 0.6) is 0 Å². The number of hydrogen-bond donors (Lipinski definition) is 0. The molecule has 0 aliphatic heterocycles. The van der Waals surface area contributed by atoms with Crippen LogP contribution in [-0.2, 0) is 39.2 Å². The Balaban J connectivity index is 0.000000221. The molecule has 1 fully saturated rings. The average molecular weight is 764 g/mol. The minimum absolute atomic E-state index is 0. The third-order valence-electron chi connectivity index (χ3n) is 13.9. The molecule has 4 aliphatic carbocycles. The molecule has 4 aliphatic rings. The first-order valence-corrected chi connectivity index (χ1v) is 19.5. The third kappa shape index (κ3) is 7.36. The zero-order valence-corrected chi connectivity index (χ0v) is 35.6. The summed E-state index contributed by atoms with van der Waals surface area (Å²) in [6.07, 6.45) is 10.7. The van der Waals surface area contributed by atoms with Crippen molar-refractivity contribution in [2.75, 3.05) is 0 Å². The van der Waals surface area contributed by atoms with Gasteiger partial charge in [-0.25, -0.2) is 18.1 Å². The molecule has 1 saturated carbocycles. The van der Waals surface area contributed by atoms with E-state index in [2.05, 4.69) is 172 Å². The molecule has 0 spiro atoms. The molecule has 0 saturated heterocycles. The van der Waals surface area contributed by atoms with Crippen LogP contribution in [-0.4, -0.2) is 3.81 Å². The number of halogens is 2. The maximum absolute atomic E-state index is 2.62. The van der Waals surface area contributed by atoms with Crippen molar-refractivity contribution in [3.63, 3.8) is 0 Å². The third-order valence-corrected chi connectivity index (χ3v) is 14.4.